The molecule has 8 heteroatoms. The number of nitrogens with zero attached hydrogens (tertiary/aromatic N) is 1. The Morgan fingerprint density at radius 2 is 2.00 bits per heavy atom. The maximum Gasteiger partial charge on any atom is 0.410 e. The van der Waals surface area contributed by atoms with Crippen LogP contribution in [0.5, 0.6) is 5.75 Å². The molecule has 1 rings (SSSR count). The molecule has 1 aromatic rings. The van der Waals surface area contributed by atoms with Gasteiger partial charge in [-0.25, -0.2) is 4.79 Å². The maximum atomic E-state index is 12.3. The highest BCUT2D eigenvalue weighted by Gasteiger charge is 2.20. The van der Waals surface area contributed by atoms with Crippen molar-refractivity contribution in [2.24, 2.45) is 0 Å². The molecule has 2 amide bonds. The van der Waals surface area contributed by atoms with Gasteiger partial charge in [0, 0.05) is 32.4 Å². The van der Waals surface area contributed by atoms with Gasteiger partial charge in [-0.05, 0) is 27.2 Å². The number of carbonyl (C=O) groups is 2. The summed E-state index contributed by atoms with van der Waals surface area (Å²) in [6.45, 7) is 8.20. The van der Waals surface area contributed by atoms with E-state index in [2.05, 4.69) is 10.3 Å². The molecule has 146 valence electrons. The van der Waals surface area contributed by atoms with Gasteiger partial charge in [0.25, 0.3) is 5.91 Å². The van der Waals surface area contributed by atoms with Crippen molar-refractivity contribution in [2.45, 2.75) is 46.1 Å². The van der Waals surface area contributed by atoms with Gasteiger partial charge >= 0.3 is 6.09 Å². The van der Waals surface area contributed by atoms with E-state index < -0.39 is 17.6 Å². The second-order valence-electron chi connectivity index (χ2n) is 6.91. The van der Waals surface area contributed by atoms with Crippen molar-refractivity contribution in [1.82, 2.24) is 15.2 Å². The van der Waals surface area contributed by atoms with Gasteiger partial charge in [-0.15, -0.1) is 0 Å². The summed E-state index contributed by atoms with van der Waals surface area (Å²) >= 11 is 0. The molecule has 0 aliphatic rings. The number of nitrogens with one attached hydrogen (secondary N) is 2. The summed E-state index contributed by atoms with van der Waals surface area (Å²) < 4.78 is 10.7. The summed E-state index contributed by atoms with van der Waals surface area (Å²) in [5.41, 5.74) is -0.854. The predicted octanol–water partition coefficient (Wildman–Crippen LogP) is 2.15. The molecular formula is C18H29N3O5. The van der Waals surface area contributed by atoms with Crippen LogP contribution < -0.4 is 15.5 Å². The van der Waals surface area contributed by atoms with E-state index in [1.165, 1.54) is 17.2 Å². The number of ether oxygens (including phenoxy) is 2. The third-order valence-corrected chi connectivity index (χ3v) is 3.32. The van der Waals surface area contributed by atoms with Crippen LogP contribution in [0.25, 0.3) is 0 Å². The normalized spacial score (nSPS) is 11.0. The van der Waals surface area contributed by atoms with Gasteiger partial charge in [0.2, 0.25) is 5.43 Å². The molecular weight excluding hydrogens is 338 g/mol. The zero-order valence-electron chi connectivity index (χ0n) is 16.2. The Hall–Kier alpha value is -2.51. The molecule has 0 saturated carbocycles. The Kier molecular flexibility index (Phi) is 8.15. The largest absolute Gasteiger partial charge is 0.487 e. The minimum Gasteiger partial charge on any atom is -0.487 e. The molecule has 0 unspecified atom stereocenters. The topological polar surface area (TPSA) is 101 Å². The third kappa shape index (κ3) is 7.16. The van der Waals surface area contributed by atoms with Crippen LogP contribution in [0, 0.1) is 0 Å². The van der Waals surface area contributed by atoms with Crippen LogP contribution in [0.15, 0.2) is 17.1 Å². The number of carbonyl (C=O) groups excluding carboxylic acids is 2. The average Bonchev–Trinajstić information content (AvgIpc) is 2.54. The van der Waals surface area contributed by atoms with Crippen LogP contribution in [-0.2, 0) is 4.74 Å². The summed E-state index contributed by atoms with van der Waals surface area (Å²) in [4.78, 5) is 40.3. The van der Waals surface area contributed by atoms with Crippen molar-refractivity contribution in [3.8, 4) is 5.75 Å². The van der Waals surface area contributed by atoms with Gasteiger partial charge in [0.1, 0.15) is 5.60 Å². The molecule has 0 radical (unpaired) electrons. The van der Waals surface area contributed by atoms with Crippen LogP contribution >= 0.6 is 0 Å². The van der Waals surface area contributed by atoms with Gasteiger partial charge in [-0.2, -0.15) is 0 Å². The Morgan fingerprint density at radius 3 is 2.62 bits per heavy atom. The number of likely N-dealkylation sites (N-methyl/N-ethyl adjacent to an activating group) is 1. The first-order valence-electron chi connectivity index (χ1n) is 8.72. The minimum absolute atomic E-state index is 0.0129. The zero-order chi connectivity index (χ0) is 19.7. The monoisotopic (exact) mass is 367 g/mol. The Bertz CT molecular complexity index is 664. The van der Waals surface area contributed by atoms with Crippen LogP contribution in [-0.4, -0.2) is 54.2 Å². The van der Waals surface area contributed by atoms with Gasteiger partial charge in [0.05, 0.1) is 6.61 Å². The summed E-state index contributed by atoms with van der Waals surface area (Å²) in [6, 6.07) is 1.31. The summed E-state index contributed by atoms with van der Waals surface area (Å²) in [5, 5.41) is 2.67. The third-order valence-electron chi connectivity index (χ3n) is 3.32. The number of H-pyrrole nitrogens is 1. The lowest BCUT2D eigenvalue weighted by atomic mass is 10.2. The van der Waals surface area contributed by atoms with Crippen molar-refractivity contribution in [1.29, 1.82) is 0 Å². The van der Waals surface area contributed by atoms with E-state index in [-0.39, 0.29) is 30.0 Å². The van der Waals surface area contributed by atoms with Gasteiger partial charge in [-0.3, -0.25) is 9.59 Å². The maximum absolute atomic E-state index is 12.3. The van der Waals surface area contributed by atoms with E-state index in [0.717, 1.165) is 12.8 Å². The van der Waals surface area contributed by atoms with E-state index in [1.54, 1.807) is 27.8 Å². The number of unbranched alkanes of at least 4 members (excludes halogenated alkanes) is 1. The van der Waals surface area contributed by atoms with Gasteiger partial charge < -0.3 is 24.7 Å². The van der Waals surface area contributed by atoms with Gasteiger partial charge in [0.15, 0.2) is 11.4 Å². The van der Waals surface area contributed by atoms with Crippen molar-refractivity contribution in [3.63, 3.8) is 0 Å². The fourth-order valence-corrected chi connectivity index (χ4v) is 1.95. The molecule has 0 aliphatic heterocycles. The first-order chi connectivity index (χ1) is 12.2. The molecule has 1 heterocycles. The molecule has 0 aromatic carbocycles. The van der Waals surface area contributed by atoms with Crippen molar-refractivity contribution < 1.29 is 19.1 Å². The second kappa shape index (κ2) is 9.84. The van der Waals surface area contributed by atoms with Crippen LogP contribution in [0.4, 0.5) is 4.79 Å². The number of amides is 2. The molecule has 0 saturated heterocycles. The van der Waals surface area contributed by atoms with Crippen LogP contribution in [0.2, 0.25) is 0 Å². The Morgan fingerprint density at radius 1 is 1.31 bits per heavy atom. The standard InChI is InChI=1S/C18H29N3O5/c1-6-7-12-25-15-13(22)8-9-19-14(15)16(23)20-10-11-21(5)17(24)26-18(2,3)4/h8-9H,6-7,10-12H2,1-5H3,(H,19,22)(H,20,23). The van der Waals surface area contributed by atoms with Crippen molar-refractivity contribution >= 4 is 12.0 Å². The first-order valence-corrected chi connectivity index (χ1v) is 8.72. The highest BCUT2D eigenvalue weighted by molar-refractivity contribution is 5.94. The predicted molar refractivity (Wildman–Crippen MR) is 98.7 cm³/mol. The molecule has 2 N–H and O–H groups in total. The molecule has 1 aromatic heterocycles. The number of rotatable bonds is 8. The number of hydrogen-bond acceptors (Lipinski definition) is 5. The van der Waals surface area contributed by atoms with E-state index in [0.29, 0.717) is 6.61 Å². The van der Waals surface area contributed by atoms with E-state index in [9.17, 15) is 14.4 Å². The van der Waals surface area contributed by atoms with Crippen LogP contribution in [0.3, 0.4) is 0 Å². The number of pyridine rings is 1. The van der Waals surface area contributed by atoms with E-state index in [4.69, 9.17) is 9.47 Å². The van der Waals surface area contributed by atoms with E-state index in [1.807, 2.05) is 6.92 Å². The molecule has 26 heavy (non-hydrogen) atoms. The molecule has 0 fully saturated rings. The Balaban J connectivity index is 2.62. The SMILES string of the molecule is CCCCOc1c(C(=O)NCCN(C)C(=O)OC(C)(C)C)[nH]ccc1=O. The summed E-state index contributed by atoms with van der Waals surface area (Å²) in [6.07, 6.45) is 2.64. The van der Waals surface area contributed by atoms with Gasteiger partial charge in [-0.1, -0.05) is 13.3 Å². The van der Waals surface area contributed by atoms with E-state index >= 15 is 0 Å². The highest BCUT2D eigenvalue weighted by atomic mass is 16.6. The Labute approximate surface area is 153 Å². The fourth-order valence-electron chi connectivity index (χ4n) is 1.95. The van der Waals surface area contributed by atoms with Crippen molar-refractivity contribution in [2.75, 3.05) is 26.7 Å². The average molecular weight is 367 g/mol. The molecule has 8 nitrogen and oxygen atoms in total. The first kappa shape index (κ1) is 21.5. The minimum atomic E-state index is -0.581. The highest BCUT2D eigenvalue weighted by Crippen LogP contribution is 2.11. The summed E-state index contributed by atoms with van der Waals surface area (Å²) in [7, 11) is 1.59. The lowest BCUT2D eigenvalue weighted by Gasteiger charge is -2.24. The fraction of sp³-hybridized carbons (Fsp3) is 0.611. The number of aromatic nitrogens is 1. The van der Waals surface area contributed by atoms with Crippen molar-refractivity contribution in [3.05, 3.63) is 28.2 Å². The lowest BCUT2D eigenvalue weighted by Crippen LogP contribution is -2.39. The summed E-state index contributed by atoms with van der Waals surface area (Å²) in [5.74, 6) is -0.453. The smallest absolute Gasteiger partial charge is 0.410 e. The number of aromatic amines is 1. The molecule has 0 bridgehead atoms. The van der Waals surface area contributed by atoms with Crippen LogP contribution in [0.1, 0.15) is 51.0 Å². The number of hydrogen-bond donors (Lipinski definition) is 2. The molecule has 0 aliphatic carbocycles. The zero-order valence-corrected chi connectivity index (χ0v) is 16.2. The quantitative estimate of drug-likeness (QED) is 0.686. The second-order valence-corrected chi connectivity index (χ2v) is 6.91. The lowest BCUT2D eigenvalue weighted by molar-refractivity contribution is 0.0299. The molecule has 0 spiro atoms. The molecule has 0 atom stereocenters.